The number of hydrogen-bond acceptors (Lipinski definition) is 18. The number of alkyl halides is 9. The van der Waals surface area contributed by atoms with Gasteiger partial charge in [0, 0.05) is 153 Å². The standard InChI is InChI=1S/2C14H7F5NO.C13H13N2O2.C11H6F2N.C8H4F3N4.3C6H5NO2.4Ir/c2*1-7-4-5-20-10(6-7)8-2-3-9(15)11(12(8)16)13(21)14(17,18)19;1-9-6-7-14-11(8-9)10-4-5-12(16-2)15-13(10)17-3;12-8-4-5-9(10(13)7-8)11-3-1-2-6-14-11;9-8(10,11)7-13-6(14-15-7)5-3-1-2-4-12-5;3*8-6(9)5-3-1-2-4-7-5;;;;/h2*3-6H,1H3;5-8H,1-3H3;1-4,6-7H;1-4H;3*1-4H,(H,8,9);;;;/q5*-1;;;;;;;. The summed E-state index contributed by atoms with van der Waals surface area (Å²) in [4.78, 5) is 90.4. The number of carbonyl (C=O) groups excluding carboxylic acids is 2. The average molecular weight is 2370 g/mol. The number of aromatic carboxylic acids is 3. The molecule has 119 heavy (non-hydrogen) atoms. The maximum atomic E-state index is 14.1. The van der Waals surface area contributed by atoms with Gasteiger partial charge < -0.3 is 54.8 Å². The molecule has 13 rings (SSSR count). The van der Waals surface area contributed by atoms with E-state index < -0.39 is 111 Å². The predicted molar refractivity (Wildman–Crippen MR) is 377 cm³/mol. The number of aromatic nitrogens is 12. The van der Waals surface area contributed by atoms with Crippen LogP contribution in [0.5, 0.6) is 11.8 Å². The minimum absolute atomic E-state index is 0. The number of Topliss-reactive ketones (excluding diaryl/α,β-unsaturated/α-hetero) is 2. The fourth-order valence-corrected chi connectivity index (χ4v) is 8.50. The summed E-state index contributed by atoms with van der Waals surface area (Å²) in [6, 6.07) is 48.5. The molecule has 10 heterocycles. The molecule has 0 aliphatic heterocycles. The first-order valence-corrected chi connectivity index (χ1v) is 31.8. The normalized spacial score (nSPS) is 10.2. The first-order valence-electron chi connectivity index (χ1n) is 31.8. The van der Waals surface area contributed by atoms with Crippen LogP contribution in [0.4, 0.5) is 65.9 Å². The van der Waals surface area contributed by atoms with E-state index in [-0.39, 0.29) is 126 Å². The second kappa shape index (κ2) is 49.3. The SMILES string of the molecule is COc1c[c-]c(-c2cc(C)ccn2)c(OC)n1.Cc1ccnc(-c2[c-]cc(F)c(C(=O)C(F)(F)F)c2F)c1.Cc1ccnc(-c2[c-]cc(F)c(C(=O)C(F)(F)F)c2F)c1.FC(F)(F)c1n[n-]c(-c2ccccn2)n1.Fc1c[c-]c(-c2ccccn2)c(F)c1.O=C(O)c1ccccn1.O=C(O)c1ccccn1.O=C(O)c1ccccn1.[Ir].[Ir].[Ir].[Ir]. The third-order valence-corrected chi connectivity index (χ3v) is 13.7. The molecular weight excluding hydrogens is 2320 g/mol. The van der Waals surface area contributed by atoms with Crippen LogP contribution in [0.3, 0.4) is 0 Å². The summed E-state index contributed by atoms with van der Waals surface area (Å²) in [5.41, 5.74) is 0.758. The van der Waals surface area contributed by atoms with E-state index in [1.54, 1.807) is 125 Å². The summed E-state index contributed by atoms with van der Waals surface area (Å²) in [7, 11) is 3.12. The molecule has 0 fully saturated rings. The van der Waals surface area contributed by atoms with Gasteiger partial charge in [-0.15, -0.1) is 42.5 Å². The van der Waals surface area contributed by atoms with Gasteiger partial charge in [0.2, 0.25) is 0 Å². The van der Waals surface area contributed by atoms with Gasteiger partial charge in [0.05, 0.1) is 43.2 Å². The van der Waals surface area contributed by atoms with Crippen LogP contribution >= 0.6 is 0 Å². The molecule has 13 aromatic rings. The van der Waals surface area contributed by atoms with Gasteiger partial charge in [0.25, 0.3) is 11.6 Å². The Hall–Kier alpha value is -12.0. The summed E-state index contributed by atoms with van der Waals surface area (Å²) >= 11 is 0. The summed E-state index contributed by atoms with van der Waals surface area (Å²) in [6.07, 6.45) is -3.61. The van der Waals surface area contributed by atoms with Crippen LogP contribution in [0.1, 0.15) is 74.7 Å². The Morgan fingerprint density at radius 1 is 0.387 bits per heavy atom. The number of methoxy groups -OCH3 is 2. The maximum absolute atomic E-state index is 14.1. The van der Waals surface area contributed by atoms with Crippen LogP contribution in [0.25, 0.3) is 56.5 Å². The Bertz CT molecular complexity index is 5200. The van der Waals surface area contributed by atoms with Gasteiger partial charge in [-0.25, -0.2) is 29.3 Å². The molecule has 0 saturated carbocycles. The molecule has 0 unspecified atom stereocenters. The zero-order valence-corrected chi connectivity index (χ0v) is 70.3. The maximum Gasteiger partial charge on any atom is 0.453 e. The van der Waals surface area contributed by atoms with Gasteiger partial charge in [-0.05, 0) is 122 Å². The molecule has 0 spiro atoms. The minimum Gasteiger partial charge on any atom is -0.524 e. The average Bonchev–Trinajstić information content (AvgIpc) is 1.26. The predicted octanol–water partition coefficient (Wildman–Crippen LogP) is 16.7. The Balaban J connectivity index is 0.000000467. The van der Waals surface area contributed by atoms with Gasteiger partial charge >= 0.3 is 36.4 Å². The number of aryl methyl sites for hydroxylation is 3. The molecule has 0 aliphatic carbocycles. The molecule has 3 N–H and O–H groups in total. The number of ether oxygens (including phenoxy) is 2. The summed E-state index contributed by atoms with van der Waals surface area (Å²) in [5.74, 6) is -16.4. The molecule has 4 radical (unpaired) electrons. The molecule has 3 aromatic carbocycles. The van der Waals surface area contributed by atoms with E-state index >= 15 is 0 Å². The second-order valence-corrected chi connectivity index (χ2v) is 22.0. The number of carbonyl (C=O) groups is 5. The number of rotatable bonds is 12. The Morgan fingerprint density at radius 2 is 0.739 bits per heavy atom. The second-order valence-electron chi connectivity index (χ2n) is 22.0. The van der Waals surface area contributed by atoms with Gasteiger partial charge in [-0.3, -0.25) is 51.0 Å². The van der Waals surface area contributed by atoms with E-state index in [0.717, 1.165) is 29.0 Å². The van der Waals surface area contributed by atoms with E-state index in [9.17, 15) is 89.8 Å². The molecule has 0 bridgehead atoms. The van der Waals surface area contributed by atoms with Crippen molar-refractivity contribution >= 4 is 29.5 Å². The molecule has 0 amide bonds. The smallest absolute Gasteiger partial charge is 0.453 e. The van der Waals surface area contributed by atoms with Crippen LogP contribution in [-0.2, 0) is 86.6 Å². The van der Waals surface area contributed by atoms with Gasteiger partial charge in [0.15, 0.2) is 0 Å². The Morgan fingerprint density at radius 3 is 1.04 bits per heavy atom. The van der Waals surface area contributed by atoms with Crippen LogP contribution < -0.4 is 14.6 Å². The van der Waals surface area contributed by atoms with Crippen molar-refractivity contribution in [2.24, 2.45) is 0 Å². The molecule has 0 saturated heterocycles. The number of carboxylic acids is 3. The van der Waals surface area contributed by atoms with Crippen molar-refractivity contribution in [3.05, 3.63) is 317 Å². The van der Waals surface area contributed by atoms with Gasteiger partial charge in [-0.2, -0.15) is 39.5 Å². The number of benzene rings is 3. The molecule has 0 atom stereocenters. The van der Waals surface area contributed by atoms with Gasteiger partial charge in [0.1, 0.15) is 34.7 Å². The largest absolute Gasteiger partial charge is 0.524 e. The molecular formula is C78H52F15Ir4N12O10-5. The third kappa shape index (κ3) is 32.1. The van der Waals surface area contributed by atoms with E-state index in [4.69, 9.17) is 24.8 Å². The summed E-state index contributed by atoms with van der Waals surface area (Å²) < 4.78 is 202. The fraction of sp³-hybridized carbons (Fsp3) is 0.103. The zero-order chi connectivity index (χ0) is 84.7. The van der Waals surface area contributed by atoms with E-state index in [1.165, 1.54) is 73.6 Å². The Kier molecular flexibility index (Phi) is 42.7. The molecule has 10 aromatic heterocycles. The van der Waals surface area contributed by atoms with Crippen molar-refractivity contribution in [3.63, 3.8) is 0 Å². The monoisotopic (exact) mass is 2370 g/mol. The number of nitrogens with zero attached hydrogens (tertiary/aromatic N) is 12. The number of hydrogen-bond donors (Lipinski definition) is 3. The van der Waals surface area contributed by atoms with Crippen LogP contribution in [-0.4, -0.2) is 126 Å². The molecule has 22 nitrogen and oxygen atoms in total. The quantitative estimate of drug-likeness (QED) is 0.0581. The van der Waals surface area contributed by atoms with E-state index in [0.29, 0.717) is 40.7 Å². The minimum atomic E-state index is -5.37. The third-order valence-electron chi connectivity index (χ3n) is 13.7. The Labute approximate surface area is 718 Å². The van der Waals surface area contributed by atoms with E-state index in [2.05, 4.69) is 84.3 Å². The molecule has 0 aliphatic rings. The van der Waals surface area contributed by atoms with Gasteiger partial charge in [-0.1, -0.05) is 106 Å². The number of halogens is 15. The van der Waals surface area contributed by atoms with Crippen molar-refractivity contribution in [2.45, 2.75) is 39.3 Å². The van der Waals surface area contributed by atoms with Crippen molar-refractivity contribution in [1.29, 1.82) is 0 Å². The molecule has 41 heteroatoms. The topological polar surface area (TPSA) is 320 Å². The number of pyridine rings is 9. The summed E-state index contributed by atoms with van der Waals surface area (Å²) in [6.45, 7) is 5.33. The van der Waals surface area contributed by atoms with Crippen molar-refractivity contribution in [1.82, 2.24) is 60.0 Å². The number of ketones is 2. The number of carboxylic acid groups (broad SMARTS) is 3. The van der Waals surface area contributed by atoms with Crippen molar-refractivity contribution in [2.75, 3.05) is 14.2 Å². The first-order chi connectivity index (χ1) is 54.4. The van der Waals surface area contributed by atoms with Crippen molar-refractivity contribution in [3.8, 4) is 68.3 Å². The fourth-order valence-electron chi connectivity index (χ4n) is 8.50. The zero-order valence-electron chi connectivity index (χ0n) is 60.7. The van der Waals surface area contributed by atoms with E-state index in [1.807, 2.05) is 19.1 Å². The van der Waals surface area contributed by atoms with Crippen LogP contribution in [0.2, 0.25) is 0 Å². The van der Waals surface area contributed by atoms with Crippen LogP contribution in [0.15, 0.2) is 207 Å². The molecule has 630 valence electrons. The van der Waals surface area contributed by atoms with Crippen molar-refractivity contribution < 1.29 is 195 Å². The van der Waals surface area contributed by atoms with Crippen LogP contribution in [0, 0.1) is 79.9 Å². The summed E-state index contributed by atoms with van der Waals surface area (Å²) in [5, 5.41) is 31.2. The first kappa shape index (κ1) is 103.